The van der Waals surface area contributed by atoms with Crippen LogP contribution in [0.2, 0.25) is 0 Å². The van der Waals surface area contributed by atoms with Crippen molar-refractivity contribution >= 4 is 12.2 Å². The second-order valence-corrected chi connectivity index (χ2v) is 8.17. The molecule has 0 radical (unpaired) electrons. The van der Waals surface area contributed by atoms with Crippen LogP contribution in [0.1, 0.15) is 46.5 Å². The Balaban J connectivity index is 0.000000758. The summed E-state index contributed by atoms with van der Waals surface area (Å²) in [5.41, 5.74) is 0.358. The number of nitrogens with zero attached hydrogens (tertiary/aromatic N) is 2. The molecule has 146 valence electrons. The average Bonchev–Trinajstić information content (AvgIpc) is 2.56. The summed E-state index contributed by atoms with van der Waals surface area (Å²) in [7, 11) is 0. The van der Waals surface area contributed by atoms with Crippen molar-refractivity contribution < 1.29 is 24.1 Å². The molecule has 2 aliphatic heterocycles. The molecule has 0 unspecified atom stereocenters. The summed E-state index contributed by atoms with van der Waals surface area (Å²) in [5.74, 6) is -0.277. The van der Waals surface area contributed by atoms with Crippen LogP contribution in [0, 0.1) is 11.2 Å². The van der Waals surface area contributed by atoms with E-state index < -0.39 is 0 Å². The van der Waals surface area contributed by atoms with Gasteiger partial charge in [0.15, 0.2) is 5.82 Å². The van der Waals surface area contributed by atoms with Crippen LogP contribution in [-0.2, 0) is 9.53 Å². The average molecular weight is 368 g/mol. The molecule has 2 N–H and O–H groups in total. The Kier molecular flexibility index (Phi) is 6.58. The maximum atomic E-state index is 13.9. The molecule has 0 saturated carbocycles. The quantitative estimate of drug-likeness (QED) is 0.742. The van der Waals surface area contributed by atoms with Crippen LogP contribution >= 0.6 is 0 Å². The van der Waals surface area contributed by atoms with Crippen LogP contribution in [0.15, 0.2) is 18.5 Å². The number of pyridine rings is 1. The number of ether oxygens (including phenoxy) is 1. The normalized spacial score (nSPS) is 25.3. The zero-order valence-corrected chi connectivity index (χ0v) is 15.7. The number of hydrogen-bond acceptors (Lipinski definition) is 5. The van der Waals surface area contributed by atoms with Crippen molar-refractivity contribution in [3.8, 4) is 0 Å². The first kappa shape index (κ1) is 20.6. The molecule has 0 aromatic carbocycles. The first-order valence-electron chi connectivity index (χ1n) is 8.99. The van der Waals surface area contributed by atoms with Crippen molar-refractivity contribution in [2.45, 2.75) is 64.3 Å². The molecule has 2 saturated heterocycles. The number of hydrogen-bond donors (Lipinski definition) is 2. The third-order valence-corrected chi connectivity index (χ3v) is 5.22. The van der Waals surface area contributed by atoms with Gasteiger partial charge in [-0.3, -0.25) is 9.78 Å². The Hall–Kier alpha value is -1.73. The van der Waals surface area contributed by atoms with Crippen LogP contribution in [0.3, 0.4) is 0 Å². The predicted molar refractivity (Wildman–Crippen MR) is 96.6 cm³/mol. The van der Waals surface area contributed by atoms with Crippen LogP contribution in [-0.4, -0.2) is 52.6 Å². The highest BCUT2D eigenvalue weighted by molar-refractivity contribution is 5.46. The van der Waals surface area contributed by atoms with Crippen molar-refractivity contribution in [1.29, 1.82) is 0 Å². The van der Waals surface area contributed by atoms with E-state index in [-0.39, 0.29) is 35.5 Å². The minimum Gasteiger partial charge on any atom is -0.483 e. The lowest BCUT2D eigenvalue weighted by Gasteiger charge is -2.51. The molecule has 6 nitrogen and oxygen atoms in total. The first-order valence-corrected chi connectivity index (χ1v) is 8.99. The molecule has 0 aliphatic carbocycles. The van der Waals surface area contributed by atoms with Crippen LogP contribution in [0.5, 0.6) is 0 Å². The molecule has 1 aromatic rings. The second-order valence-electron chi connectivity index (χ2n) is 8.17. The van der Waals surface area contributed by atoms with E-state index in [1.54, 1.807) is 12.3 Å². The van der Waals surface area contributed by atoms with E-state index in [9.17, 15) is 9.50 Å². The topological polar surface area (TPSA) is 82.9 Å². The summed E-state index contributed by atoms with van der Waals surface area (Å²) in [6.45, 7) is 7.70. The number of aliphatic hydroxyl groups is 1. The van der Waals surface area contributed by atoms with E-state index >= 15 is 0 Å². The highest BCUT2D eigenvalue weighted by Crippen LogP contribution is 2.43. The van der Waals surface area contributed by atoms with Crippen LogP contribution < -0.4 is 4.90 Å². The summed E-state index contributed by atoms with van der Waals surface area (Å²) < 4.78 is 20.4. The van der Waals surface area contributed by atoms with Gasteiger partial charge in [0.1, 0.15) is 0 Å². The maximum Gasteiger partial charge on any atom is 0.290 e. The van der Waals surface area contributed by atoms with Gasteiger partial charge in [0.2, 0.25) is 0 Å². The molecule has 2 aliphatic rings. The molecule has 1 spiro atoms. The molecule has 1 aromatic heterocycles. The molecule has 7 heteroatoms. The van der Waals surface area contributed by atoms with Gasteiger partial charge in [-0.05, 0) is 24.3 Å². The molecular weight excluding hydrogens is 339 g/mol. The molecule has 3 heterocycles. The standard InChI is InChI=1S/C18H27FN2O2.CH2O2/c1-17(2,3)16-10-13(22)11-18(23-16)5-8-21(9-6-18)15-4-7-20-12-14(15)19;2-1-3/h4,7,12-13,16,22H,5-6,8-11H2,1-3H3;1H,(H,2,3)/t13-,16-;/m1./s1. The lowest BCUT2D eigenvalue weighted by molar-refractivity contribution is -0.199. The van der Waals surface area contributed by atoms with E-state index in [0.29, 0.717) is 18.5 Å². The zero-order chi connectivity index (χ0) is 19.4. The highest BCUT2D eigenvalue weighted by atomic mass is 19.1. The number of piperidine rings is 1. The third kappa shape index (κ3) is 4.92. The molecule has 2 fully saturated rings. The van der Waals surface area contributed by atoms with E-state index in [0.717, 1.165) is 25.9 Å². The highest BCUT2D eigenvalue weighted by Gasteiger charge is 2.46. The van der Waals surface area contributed by atoms with Gasteiger partial charge in [-0.15, -0.1) is 0 Å². The van der Waals surface area contributed by atoms with Gasteiger partial charge in [-0.2, -0.15) is 0 Å². The Morgan fingerprint density at radius 1 is 1.38 bits per heavy atom. The Labute approximate surface area is 154 Å². The van der Waals surface area contributed by atoms with Gasteiger partial charge in [0, 0.05) is 32.1 Å². The molecular formula is C19H29FN2O4. The SMILES string of the molecule is CC(C)(C)[C@H]1C[C@@H](O)CC2(CCN(c3ccncc3F)CC2)O1.O=CO. The Bertz CT molecular complexity index is 597. The van der Waals surface area contributed by atoms with E-state index in [1.807, 2.05) is 0 Å². The summed E-state index contributed by atoms with van der Waals surface area (Å²) in [5, 5.41) is 17.2. The van der Waals surface area contributed by atoms with Crippen LogP contribution in [0.25, 0.3) is 0 Å². The number of aliphatic hydroxyl groups excluding tert-OH is 1. The van der Waals surface area contributed by atoms with E-state index in [2.05, 4.69) is 30.7 Å². The lowest BCUT2D eigenvalue weighted by Crippen LogP contribution is -2.55. The fourth-order valence-corrected chi connectivity index (χ4v) is 3.79. The van der Waals surface area contributed by atoms with Crippen molar-refractivity contribution in [3.05, 3.63) is 24.3 Å². The summed E-state index contributed by atoms with van der Waals surface area (Å²) in [6, 6.07) is 1.72. The smallest absolute Gasteiger partial charge is 0.290 e. The van der Waals surface area contributed by atoms with Crippen molar-refractivity contribution in [3.63, 3.8) is 0 Å². The minimum absolute atomic E-state index is 0.0166. The second kappa shape index (κ2) is 8.31. The Morgan fingerprint density at radius 2 is 2.00 bits per heavy atom. The molecule has 2 atom stereocenters. The number of carboxylic acid groups (broad SMARTS) is 1. The number of halogens is 1. The minimum atomic E-state index is -0.308. The van der Waals surface area contributed by atoms with Gasteiger partial charge in [0.05, 0.1) is 29.7 Å². The first-order chi connectivity index (χ1) is 12.2. The maximum absolute atomic E-state index is 13.9. The van der Waals surface area contributed by atoms with Crippen molar-refractivity contribution in [2.24, 2.45) is 5.41 Å². The largest absolute Gasteiger partial charge is 0.483 e. The van der Waals surface area contributed by atoms with Gasteiger partial charge in [-0.1, -0.05) is 20.8 Å². The summed E-state index contributed by atoms with van der Waals surface area (Å²) in [4.78, 5) is 14.2. The zero-order valence-electron chi connectivity index (χ0n) is 15.7. The van der Waals surface area contributed by atoms with Crippen LogP contribution in [0.4, 0.5) is 10.1 Å². The monoisotopic (exact) mass is 368 g/mol. The number of carbonyl (C=O) groups is 1. The molecule has 3 rings (SSSR count). The Morgan fingerprint density at radius 3 is 2.54 bits per heavy atom. The molecule has 26 heavy (non-hydrogen) atoms. The van der Waals surface area contributed by atoms with Gasteiger partial charge < -0.3 is 19.8 Å². The number of anilines is 1. The summed E-state index contributed by atoms with van der Waals surface area (Å²) >= 11 is 0. The molecule has 0 bridgehead atoms. The van der Waals surface area contributed by atoms with Gasteiger partial charge >= 0.3 is 0 Å². The fraction of sp³-hybridized carbons (Fsp3) is 0.684. The predicted octanol–water partition coefficient (Wildman–Crippen LogP) is 2.85. The third-order valence-electron chi connectivity index (χ3n) is 5.22. The van der Waals surface area contributed by atoms with E-state index in [4.69, 9.17) is 14.6 Å². The van der Waals surface area contributed by atoms with E-state index in [1.165, 1.54) is 6.20 Å². The van der Waals surface area contributed by atoms with Crippen molar-refractivity contribution in [2.75, 3.05) is 18.0 Å². The number of aromatic nitrogens is 1. The number of rotatable bonds is 1. The van der Waals surface area contributed by atoms with Gasteiger partial charge in [0.25, 0.3) is 6.47 Å². The molecule has 0 amide bonds. The fourth-order valence-electron chi connectivity index (χ4n) is 3.79. The lowest BCUT2D eigenvalue weighted by atomic mass is 9.76. The van der Waals surface area contributed by atoms with Crippen molar-refractivity contribution in [1.82, 2.24) is 4.98 Å². The summed E-state index contributed by atoms with van der Waals surface area (Å²) in [6.07, 6.45) is 5.67. The van der Waals surface area contributed by atoms with Gasteiger partial charge in [-0.25, -0.2) is 4.39 Å².